The molecule has 0 bridgehead atoms. The maximum Gasteiger partial charge on any atom is 0.161 e. The van der Waals surface area contributed by atoms with Crippen molar-refractivity contribution in [1.82, 2.24) is 5.32 Å². The van der Waals surface area contributed by atoms with Crippen LogP contribution < -0.4 is 14.8 Å². The first kappa shape index (κ1) is 17.1. The molecule has 1 heterocycles. The number of benzene rings is 1. The van der Waals surface area contributed by atoms with Crippen LogP contribution >= 0.6 is 0 Å². The number of ether oxygens (including phenoxy) is 2. The van der Waals surface area contributed by atoms with Gasteiger partial charge in [-0.1, -0.05) is 6.07 Å². The molecule has 6 heteroatoms. The molecule has 1 saturated heterocycles. The summed E-state index contributed by atoms with van der Waals surface area (Å²) < 4.78 is 33.9. The Labute approximate surface area is 132 Å². The van der Waals surface area contributed by atoms with Gasteiger partial charge in [0.1, 0.15) is 0 Å². The second-order valence-corrected chi connectivity index (χ2v) is 8.28. The molecular weight excluding hydrogens is 302 g/mol. The standard InChI is InChI=1S/C16H25NO4S/c1-12(2)21-15-5-4-13(8-16(15)20-3)9-17-10-14-6-7-22(18,19)11-14/h4-5,8,12,14,17H,6-7,9-11H2,1-3H3. The van der Waals surface area contributed by atoms with Crippen molar-refractivity contribution < 1.29 is 17.9 Å². The molecule has 124 valence electrons. The van der Waals surface area contributed by atoms with Crippen LogP contribution in [0.3, 0.4) is 0 Å². The van der Waals surface area contributed by atoms with Crippen LogP contribution in [-0.2, 0) is 16.4 Å². The molecule has 0 aromatic heterocycles. The Kier molecular flexibility index (Phi) is 5.69. The maximum absolute atomic E-state index is 11.4. The van der Waals surface area contributed by atoms with E-state index in [2.05, 4.69) is 5.32 Å². The summed E-state index contributed by atoms with van der Waals surface area (Å²) in [4.78, 5) is 0. The minimum atomic E-state index is -2.79. The van der Waals surface area contributed by atoms with E-state index >= 15 is 0 Å². The Morgan fingerprint density at radius 2 is 2.09 bits per heavy atom. The third kappa shape index (κ3) is 4.88. The van der Waals surface area contributed by atoms with Gasteiger partial charge in [0.2, 0.25) is 0 Å². The van der Waals surface area contributed by atoms with Gasteiger partial charge < -0.3 is 14.8 Å². The quantitative estimate of drug-likeness (QED) is 0.830. The van der Waals surface area contributed by atoms with Crippen LogP contribution in [0, 0.1) is 5.92 Å². The molecule has 0 spiro atoms. The van der Waals surface area contributed by atoms with E-state index in [4.69, 9.17) is 9.47 Å². The van der Waals surface area contributed by atoms with Gasteiger partial charge in [-0.15, -0.1) is 0 Å². The van der Waals surface area contributed by atoms with Crippen molar-refractivity contribution in [3.63, 3.8) is 0 Å². The van der Waals surface area contributed by atoms with Crippen molar-refractivity contribution in [3.8, 4) is 11.5 Å². The third-order valence-electron chi connectivity index (χ3n) is 3.68. The van der Waals surface area contributed by atoms with Crippen molar-refractivity contribution in [3.05, 3.63) is 23.8 Å². The molecule has 1 N–H and O–H groups in total. The zero-order valence-corrected chi connectivity index (χ0v) is 14.3. The van der Waals surface area contributed by atoms with Gasteiger partial charge >= 0.3 is 0 Å². The van der Waals surface area contributed by atoms with E-state index in [1.54, 1.807) is 7.11 Å². The van der Waals surface area contributed by atoms with Gasteiger partial charge in [0.25, 0.3) is 0 Å². The summed E-state index contributed by atoms with van der Waals surface area (Å²) in [6, 6.07) is 5.87. The molecule has 1 aromatic carbocycles. The topological polar surface area (TPSA) is 64.6 Å². The van der Waals surface area contributed by atoms with E-state index in [-0.39, 0.29) is 12.0 Å². The van der Waals surface area contributed by atoms with Crippen LogP contribution in [-0.4, -0.2) is 39.7 Å². The first-order valence-electron chi connectivity index (χ1n) is 7.64. The van der Waals surface area contributed by atoms with E-state index < -0.39 is 9.84 Å². The van der Waals surface area contributed by atoms with E-state index in [1.807, 2.05) is 32.0 Å². The molecule has 1 aliphatic heterocycles. The van der Waals surface area contributed by atoms with E-state index in [0.29, 0.717) is 18.1 Å². The average molecular weight is 327 g/mol. The molecule has 1 atom stereocenters. The predicted molar refractivity (Wildman–Crippen MR) is 87.2 cm³/mol. The lowest BCUT2D eigenvalue weighted by Crippen LogP contribution is -2.23. The van der Waals surface area contributed by atoms with Crippen molar-refractivity contribution in [1.29, 1.82) is 0 Å². The number of hydrogen-bond donors (Lipinski definition) is 1. The van der Waals surface area contributed by atoms with Crippen molar-refractivity contribution in [2.24, 2.45) is 5.92 Å². The molecule has 1 fully saturated rings. The summed E-state index contributed by atoms with van der Waals surface area (Å²) in [7, 11) is -1.17. The zero-order chi connectivity index (χ0) is 16.2. The monoisotopic (exact) mass is 327 g/mol. The minimum Gasteiger partial charge on any atom is -0.493 e. The summed E-state index contributed by atoms with van der Waals surface area (Å²) in [6.45, 7) is 5.37. The Morgan fingerprint density at radius 1 is 1.32 bits per heavy atom. The van der Waals surface area contributed by atoms with Crippen LogP contribution in [0.5, 0.6) is 11.5 Å². The molecule has 1 unspecified atom stereocenters. The number of hydrogen-bond acceptors (Lipinski definition) is 5. The second kappa shape index (κ2) is 7.33. The molecule has 0 aliphatic carbocycles. The van der Waals surface area contributed by atoms with E-state index in [0.717, 1.165) is 30.0 Å². The third-order valence-corrected chi connectivity index (χ3v) is 5.52. The fourth-order valence-electron chi connectivity index (χ4n) is 2.63. The van der Waals surface area contributed by atoms with Crippen molar-refractivity contribution in [2.75, 3.05) is 25.2 Å². The van der Waals surface area contributed by atoms with Crippen LogP contribution in [0.1, 0.15) is 25.8 Å². The van der Waals surface area contributed by atoms with Gasteiger partial charge in [0.15, 0.2) is 21.3 Å². The minimum absolute atomic E-state index is 0.0993. The molecular formula is C16H25NO4S. The number of methoxy groups -OCH3 is 1. The molecule has 1 aliphatic rings. The molecule has 0 saturated carbocycles. The zero-order valence-electron chi connectivity index (χ0n) is 13.5. The number of sulfone groups is 1. The molecule has 22 heavy (non-hydrogen) atoms. The Balaban J connectivity index is 1.88. The first-order valence-corrected chi connectivity index (χ1v) is 9.46. The lowest BCUT2D eigenvalue weighted by Gasteiger charge is -2.15. The molecule has 1 aromatic rings. The Hall–Kier alpha value is -1.27. The summed E-state index contributed by atoms with van der Waals surface area (Å²) in [5.41, 5.74) is 1.09. The molecule has 2 rings (SSSR count). The smallest absolute Gasteiger partial charge is 0.161 e. The van der Waals surface area contributed by atoms with Gasteiger partial charge in [-0.25, -0.2) is 8.42 Å². The van der Waals surface area contributed by atoms with Crippen LogP contribution in [0.4, 0.5) is 0 Å². The summed E-state index contributed by atoms with van der Waals surface area (Å²) in [5, 5.41) is 3.33. The lowest BCUT2D eigenvalue weighted by molar-refractivity contribution is 0.230. The number of nitrogens with one attached hydrogen (secondary N) is 1. The highest BCUT2D eigenvalue weighted by Gasteiger charge is 2.27. The second-order valence-electron chi connectivity index (χ2n) is 6.05. The van der Waals surface area contributed by atoms with Crippen LogP contribution in [0.25, 0.3) is 0 Å². The average Bonchev–Trinajstić information content (AvgIpc) is 2.79. The van der Waals surface area contributed by atoms with Gasteiger partial charge in [-0.05, 0) is 50.4 Å². The van der Waals surface area contributed by atoms with Gasteiger partial charge in [-0.2, -0.15) is 0 Å². The van der Waals surface area contributed by atoms with E-state index in [9.17, 15) is 8.42 Å². The number of rotatable bonds is 7. The maximum atomic E-state index is 11.4. The van der Waals surface area contributed by atoms with E-state index in [1.165, 1.54) is 0 Å². The highest BCUT2D eigenvalue weighted by molar-refractivity contribution is 7.91. The Bertz CT molecular complexity index is 598. The fourth-order valence-corrected chi connectivity index (χ4v) is 4.49. The van der Waals surface area contributed by atoms with Crippen molar-refractivity contribution in [2.45, 2.75) is 32.9 Å². The molecule has 0 radical (unpaired) electrons. The normalized spacial score (nSPS) is 20.3. The summed E-state index contributed by atoms with van der Waals surface area (Å²) >= 11 is 0. The van der Waals surface area contributed by atoms with Crippen LogP contribution in [0.15, 0.2) is 18.2 Å². The summed E-state index contributed by atoms with van der Waals surface area (Å²) in [6.07, 6.45) is 0.863. The SMILES string of the molecule is COc1cc(CNCC2CCS(=O)(=O)C2)ccc1OC(C)C. The lowest BCUT2D eigenvalue weighted by atomic mass is 10.1. The largest absolute Gasteiger partial charge is 0.493 e. The van der Waals surface area contributed by atoms with Crippen LogP contribution in [0.2, 0.25) is 0 Å². The molecule has 0 amide bonds. The predicted octanol–water partition coefficient (Wildman–Crippen LogP) is 2.01. The van der Waals surface area contributed by atoms with Gasteiger partial charge in [-0.3, -0.25) is 0 Å². The first-order chi connectivity index (χ1) is 10.4. The summed E-state index contributed by atoms with van der Waals surface area (Å²) in [5.74, 6) is 2.33. The Morgan fingerprint density at radius 3 is 2.68 bits per heavy atom. The van der Waals surface area contributed by atoms with Crippen molar-refractivity contribution >= 4 is 9.84 Å². The fraction of sp³-hybridized carbons (Fsp3) is 0.625. The van der Waals surface area contributed by atoms with Gasteiger partial charge in [0, 0.05) is 6.54 Å². The molecule has 5 nitrogen and oxygen atoms in total. The highest BCUT2D eigenvalue weighted by atomic mass is 32.2. The highest BCUT2D eigenvalue weighted by Crippen LogP contribution is 2.29. The van der Waals surface area contributed by atoms with Gasteiger partial charge in [0.05, 0.1) is 24.7 Å².